The highest BCUT2D eigenvalue weighted by Gasteiger charge is 2.32. The van der Waals surface area contributed by atoms with Crippen LogP contribution in [-0.4, -0.2) is 49.6 Å². The Morgan fingerprint density at radius 1 is 1.06 bits per heavy atom. The van der Waals surface area contributed by atoms with Crippen molar-refractivity contribution in [1.29, 1.82) is 0 Å². The lowest BCUT2D eigenvalue weighted by Crippen LogP contribution is -3.11. The van der Waals surface area contributed by atoms with Gasteiger partial charge in [0.25, 0.3) is 0 Å². The van der Waals surface area contributed by atoms with Crippen LogP contribution in [0.2, 0.25) is 0 Å². The molecule has 0 unspecified atom stereocenters. The Labute approximate surface area is 204 Å². The summed E-state index contributed by atoms with van der Waals surface area (Å²) in [6, 6.07) is 9.83. The SMILES string of the molecule is Cc1nc2cc(C(F)(F)F)ccc2n1C1CC[NH+](Cc2nnnn2Cc2ccc3c(c2)OCO3)CC1. The highest BCUT2D eigenvalue weighted by Crippen LogP contribution is 2.34. The summed E-state index contributed by atoms with van der Waals surface area (Å²) in [6.45, 7) is 5.13. The summed E-state index contributed by atoms with van der Waals surface area (Å²) in [5, 5.41) is 12.3. The molecule has 188 valence electrons. The summed E-state index contributed by atoms with van der Waals surface area (Å²) in [5.41, 5.74) is 1.50. The van der Waals surface area contributed by atoms with Gasteiger partial charge < -0.3 is 18.9 Å². The van der Waals surface area contributed by atoms with Crippen LogP contribution in [-0.2, 0) is 19.3 Å². The van der Waals surface area contributed by atoms with Crippen LogP contribution in [0.3, 0.4) is 0 Å². The smallest absolute Gasteiger partial charge is 0.416 e. The first kappa shape index (κ1) is 22.8. The van der Waals surface area contributed by atoms with E-state index in [0.29, 0.717) is 18.6 Å². The van der Waals surface area contributed by atoms with E-state index in [1.165, 1.54) is 4.90 Å². The van der Waals surface area contributed by atoms with Gasteiger partial charge >= 0.3 is 6.18 Å². The molecule has 2 aromatic heterocycles. The molecule has 0 spiro atoms. The average Bonchev–Trinajstić information content (AvgIpc) is 3.57. The van der Waals surface area contributed by atoms with Crippen LogP contribution in [0.5, 0.6) is 11.5 Å². The Bertz CT molecular complexity index is 1410. The molecule has 6 rings (SSSR count). The monoisotopic (exact) mass is 500 g/mol. The maximum absolute atomic E-state index is 13.1. The highest BCUT2D eigenvalue weighted by molar-refractivity contribution is 5.77. The van der Waals surface area contributed by atoms with Gasteiger partial charge in [-0.3, -0.25) is 0 Å². The third kappa shape index (κ3) is 4.25. The molecule has 2 aliphatic rings. The molecule has 2 aliphatic heterocycles. The molecule has 0 saturated carbocycles. The topological polar surface area (TPSA) is 84.3 Å². The number of rotatable bonds is 5. The summed E-state index contributed by atoms with van der Waals surface area (Å²) >= 11 is 0. The first-order valence-electron chi connectivity index (χ1n) is 11.9. The Morgan fingerprint density at radius 3 is 2.67 bits per heavy atom. The number of alkyl halides is 3. The number of nitrogens with one attached hydrogen (secondary N) is 1. The molecule has 0 amide bonds. The van der Waals surface area contributed by atoms with Crippen molar-refractivity contribution in [1.82, 2.24) is 29.8 Å². The number of tetrazole rings is 1. The highest BCUT2D eigenvalue weighted by atomic mass is 19.4. The van der Waals surface area contributed by atoms with Crippen LogP contribution in [0.1, 0.15) is 41.7 Å². The lowest BCUT2D eigenvalue weighted by Gasteiger charge is -2.30. The fourth-order valence-electron chi connectivity index (χ4n) is 5.21. The molecule has 0 radical (unpaired) electrons. The second-order valence-electron chi connectivity index (χ2n) is 9.33. The van der Waals surface area contributed by atoms with Crippen LogP contribution in [0, 0.1) is 6.92 Å². The van der Waals surface area contributed by atoms with Gasteiger partial charge in [-0.25, -0.2) is 9.67 Å². The minimum Gasteiger partial charge on any atom is -0.454 e. The molecule has 4 aromatic rings. The van der Waals surface area contributed by atoms with E-state index in [-0.39, 0.29) is 12.8 Å². The van der Waals surface area contributed by atoms with Crippen molar-refractivity contribution >= 4 is 11.0 Å². The van der Waals surface area contributed by atoms with Crippen LogP contribution in [0.25, 0.3) is 11.0 Å². The normalized spacial score (nSPS) is 19.8. The number of benzene rings is 2. The summed E-state index contributed by atoms with van der Waals surface area (Å²) in [7, 11) is 0. The van der Waals surface area contributed by atoms with Crippen LogP contribution in [0.15, 0.2) is 36.4 Å². The Morgan fingerprint density at radius 2 is 1.86 bits per heavy atom. The van der Waals surface area contributed by atoms with Crippen LogP contribution < -0.4 is 14.4 Å². The zero-order valence-corrected chi connectivity index (χ0v) is 19.6. The van der Waals surface area contributed by atoms with Crippen LogP contribution >= 0.6 is 0 Å². The molecule has 1 fully saturated rings. The van der Waals surface area contributed by atoms with Gasteiger partial charge in [-0.05, 0) is 53.2 Å². The molecule has 9 nitrogen and oxygen atoms in total. The van der Waals surface area contributed by atoms with E-state index >= 15 is 0 Å². The average molecular weight is 501 g/mol. The second kappa shape index (κ2) is 8.77. The number of hydrogen-bond acceptors (Lipinski definition) is 6. The standard InChI is InChI=1S/C24H24F3N7O2/c1-15-28-19-11-17(24(25,26)27)3-4-20(19)34(15)18-6-8-32(9-7-18)13-23-29-30-31-33(23)12-16-2-5-21-22(10-16)36-14-35-21/h2-5,10-11,18H,6-9,12-14H2,1H3/p+1. The van der Waals surface area contributed by atoms with Gasteiger partial charge in [0.15, 0.2) is 11.5 Å². The number of nitrogens with zero attached hydrogens (tertiary/aromatic N) is 6. The van der Waals surface area contributed by atoms with E-state index < -0.39 is 11.7 Å². The van der Waals surface area contributed by atoms with Gasteiger partial charge in [-0.2, -0.15) is 13.2 Å². The zero-order valence-electron chi connectivity index (χ0n) is 19.6. The van der Waals surface area contributed by atoms with Crippen molar-refractivity contribution in [3.8, 4) is 11.5 Å². The third-order valence-corrected chi connectivity index (χ3v) is 7.00. The predicted molar refractivity (Wildman–Crippen MR) is 122 cm³/mol. The van der Waals surface area contributed by atoms with E-state index in [2.05, 4.69) is 25.1 Å². The molecule has 1 saturated heterocycles. The molecule has 36 heavy (non-hydrogen) atoms. The molecule has 0 atom stereocenters. The lowest BCUT2D eigenvalue weighted by molar-refractivity contribution is -0.920. The Kier molecular flexibility index (Phi) is 5.55. The number of fused-ring (bicyclic) bond motifs is 2. The number of piperidine rings is 1. The van der Waals surface area contributed by atoms with Crippen molar-refractivity contribution in [3.05, 3.63) is 59.2 Å². The summed E-state index contributed by atoms with van der Waals surface area (Å²) in [4.78, 5) is 5.79. The van der Waals surface area contributed by atoms with Crippen molar-refractivity contribution in [2.75, 3.05) is 19.9 Å². The predicted octanol–water partition coefficient (Wildman–Crippen LogP) is 2.55. The van der Waals surface area contributed by atoms with Crippen molar-refractivity contribution in [2.45, 2.75) is 45.1 Å². The number of likely N-dealkylation sites (tertiary alicyclic amines) is 1. The van der Waals surface area contributed by atoms with Gasteiger partial charge in [0.2, 0.25) is 12.6 Å². The number of aryl methyl sites for hydroxylation is 1. The van der Waals surface area contributed by atoms with Crippen molar-refractivity contribution in [2.24, 2.45) is 0 Å². The van der Waals surface area contributed by atoms with E-state index in [9.17, 15) is 13.2 Å². The fourth-order valence-corrected chi connectivity index (χ4v) is 5.21. The summed E-state index contributed by atoms with van der Waals surface area (Å²) < 4.78 is 54.1. The van der Waals surface area contributed by atoms with Gasteiger partial charge in [0.1, 0.15) is 12.4 Å². The maximum Gasteiger partial charge on any atom is 0.416 e. The van der Waals surface area contributed by atoms with E-state index in [0.717, 1.165) is 72.3 Å². The van der Waals surface area contributed by atoms with Gasteiger partial charge in [-0.15, -0.1) is 5.10 Å². The fraction of sp³-hybridized carbons (Fsp3) is 0.417. The molecular weight excluding hydrogens is 475 g/mol. The second-order valence-corrected chi connectivity index (χ2v) is 9.33. The van der Waals surface area contributed by atoms with Gasteiger partial charge in [0.05, 0.1) is 36.2 Å². The first-order valence-corrected chi connectivity index (χ1v) is 11.9. The summed E-state index contributed by atoms with van der Waals surface area (Å²) in [6.07, 6.45) is -2.59. The lowest BCUT2D eigenvalue weighted by atomic mass is 10.0. The molecule has 0 aliphatic carbocycles. The van der Waals surface area contributed by atoms with Crippen molar-refractivity contribution < 1.29 is 27.5 Å². The maximum atomic E-state index is 13.1. The number of hydrogen-bond donors (Lipinski definition) is 1. The first-order chi connectivity index (χ1) is 17.3. The third-order valence-electron chi connectivity index (χ3n) is 7.00. The Hall–Kier alpha value is -3.67. The zero-order chi connectivity index (χ0) is 24.9. The molecule has 2 aromatic carbocycles. The quantitative estimate of drug-likeness (QED) is 0.454. The largest absolute Gasteiger partial charge is 0.454 e. The number of quaternary nitrogens is 1. The van der Waals surface area contributed by atoms with E-state index in [1.807, 2.05) is 29.8 Å². The van der Waals surface area contributed by atoms with Gasteiger partial charge in [-0.1, -0.05) is 6.07 Å². The number of ether oxygens (including phenoxy) is 2. The Balaban J connectivity index is 1.12. The molecule has 4 heterocycles. The minimum atomic E-state index is -4.38. The number of aromatic nitrogens is 6. The number of imidazole rings is 1. The molecular formula is C24H25F3N7O2+. The minimum absolute atomic E-state index is 0.195. The molecule has 1 N–H and O–H groups in total. The molecule has 0 bridgehead atoms. The van der Waals surface area contributed by atoms with E-state index in [4.69, 9.17) is 9.47 Å². The van der Waals surface area contributed by atoms with E-state index in [1.54, 1.807) is 6.07 Å². The molecule has 12 heteroatoms. The van der Waals surface area contributed by atoms with Crippen molar-refractivity contribution in [3.63, 3.8) is 0 Å². The summed E-state index contributed by atoms with van der Waals surface area (Å²) in [5.74, 6) is 3.02. The van der Waals surface area contributed by atoms with Crippen LogP contribution in [0.4, 0.5) is 13.2 Å². The van der Waals surface area contributed by atoms with Gasteiger partial charge in [0, 0.05) is 18.9 Å². The number of halogens is 3.